The lowest BCUT2D eigenvalue weighted by molar-refractivity contribution is -0.123. The number of anilines is 2. The van der Waals surface area contributed by atoms with E-state index in [2.05, 4.69) is 16.0 Å². The molecule has 21 heavy (non-hydrogen) atoms. The number of halogens is 1. The SMILES string of the molecule is CCC(=O)Nc1ccc(NC(=O)C2(C)CCNC2)cc1.Cl. The zero-order chi connectivity index (χ0) is 14.6. The van der Waals surface area contributed by atoms with Crippen molar-refractivity contribution in [1.29, 1.82) is 0 Å². The molecule has 2 rings (SSSR count). The maximum atomic E-state index is 12.2. The van der Waals surface area contributed by atoms with Gasteiger partial charge in [-0.25, -0.2) is 0 Å². The van der Waals surface area contributed by atoms with Crippen LogP contribution in [0.25, 0.3) is 0 Å². The summed E-state index contributed by atoms with van der Waals surface area (Å²) < 4.78 is 0. The number of benzene rings is 1. The van der Waals surface area contributed by atoms with Gasteiger partial charge in [0.15, 0.2) is 0 Å². The van der Waals surface area contributed by atoms with E-state index in [9.17, 15) is 9.59 Å². The lowest BCUT2D eigenvalue weighted by atomic mass is 9.89. The van der Waals surface area contributed by atoms with Crippen molar-refractivity contribution in [3.05, 3.63) is 24.3 Å². The molecule has 0 radical (unpaired) electrons. The number of carbonyl (C=O) groups is 2. The monoisotopic (exact) mass is 311 g/mol. The van der Waals surface area contributed by atoms with Gasteiger partial charge in [0.2, 0.25) is 11.8 Å². The molecular weight excluding hydrogens is 290 g/mol. The summed E-state index contributed by atoms with van der Waals surface area (Å²) in [5.74, 6) is 0.0131. The predicted molar refractivity (Wildman–Crippen MR) is 86.8 cm³/mol. The third-order valence-corrected chi connectivity index (χ3v) is 3.66. The Morgan fingerprint density at radius 2 is 1.76 bits per heavy atom. The first-order valence-corrected chi connectivity index (χ1v) is 6.95. The van der Waals surface area contributed by atoms with Crippen molar-refractivity contribution in [2.45, 2.75) is 26.7 Å². The minimum Gasteiger partial charge on any atom is -0.326 e. The number of amides is 2. The van der Waals surface area contributed by atoms with Gasteiger partial charge in [0, 0.05) is 24.3 Å². The minimum absolute atomic E-state index is 0. The molecule has 1 fully saturated rings. The molecule has 1 atom stereocenters. The van der Waals surface area contributed by atoms with Crippen LogP contribution in [-0.4, -0.2) is 24.9 Å². The molecule has 6 heteroatoms. The molecule has 2 amide bonds. The van der Waals surface area contributed by atoms with E-state index in [1.165, 1.54) is 0 Å². The van der Waals surface area contributed by atoms with Gasteiger partial charge in [-0.15, -0.1) is 12.4 Å². The third kappa shape index (κ3) is 4.44. The molecule has 1 aliphatic heterocycles. The zero-order valence-electron chi connectivity index (χ0n) is 12.4. The summed E-state index contributed by atoms with van der Waals surface area (Å²) in [5.41, 5.74) is 1.15. The summed E-state index contributed by atoms with van der Waals surface area (Å²) in [5, 5.41) is 8.91. The summed E-state index contributed by atoms with van der Waals surface area (Å²) in [4.78, 5) is 23.5. The van der Waals surface area contributed by atoms with E-state index in [0.717, 1.165) is 24.3 Å². The van der Waals surface area contributed by atoms with E-state index in [0.29, 0.717) is 13.0 Å². The van der Waals surface area contributed by atoms with Crippen molar-refractivity contribution in [2.75, 3.05) is 23.7 Å². The Labute approximate surface area is 131 Å². The van der Waals surface area contributed by atoms with Gasteiger partial charge in [-0.05, 0) is 44.2 Å². The summed E-state index contributed by atoms with van der Waals surface area (Å²) in [7, 11) is 0. The highest BCUT2D eigenvalue weighted by Gasteiger charge is 2.36. The van der Waals surface area contributed by atoms with Gasteiger partial charge in [0.1, 0.15) is 0 Å². The molecule has 5 nitrogen and oxygen atoms in total. The molecule has 0 aliphatic carbocycles. The number of nitrogens with one attached hydrogen (secondary N) is 3. The van der Waals surface area contributed by atoms with E-state index in [4.69, 9.17) is 0 Å². The van der Waals surface area contributed by atoms with E-state index in [1.54, 1.807) is 31.2 Å². The van der Waals surface area contributed by atoms with Crippen LogP contribution in [0.1, 0.15) is 26.7 Å². The Bertz CT molecular complexity index is 496. The van der Waals surface area contributed by atoms with Gasteiger partial charge >= 0.3 is 0 Å². The minimum atomic E-state index is -0.338. The van der Waals surface area contributed by atoms with Crippen LogP contribution in [0.5, 0.6) is 0 Å². The maximum Gasteiger partial charge on any atom is 0.231 e. The molecule has 0 bridgehead atoms. The Morgan fingerprint density at radius 1 is 1.19 bits per heavy atom. The van der Waals surface area contributed by atoms with Crippen molar-refractivity contribution in [2.24, 2.45) is 5.41 Å². The van der Waals surface area contributed by atoms with Crippen molar-refractivity contribution >= 4 is 35.6 Å². The first-order valence-electron chi connectivity index (χ1n) is 6.95. The second kappa shape index (κ2) is 7.43. The molecule has 0 spiro atoms. The maximum absolute atomic E-state index is 12.2. The fraction of sp³-hybridized carbons (Fsp3) is 0.467. The second-order valence-corrected chi connectivity index (χ2v) is 5.42. The van der Waals surface area contributed by atoms with E-state index in [-0.39, 0.29) is 29.6 Å². The molecule has 1 heterocycles. The first-order chi connectivity index (χ1) is 9.53. The number of hydrogen-bond acceptors (Lipinski definition) is 3. The normalized spacial score (nSPS) is 20.5. The summed E-state index contributed by atoms with van der Waals surface area (Å²) in [6.45, 7) is 5.37. The van der Waals surface area contributed by atoms with Gasteiger partial charge in [-0.1, -0.05) is 6.92 Å². The Kier molecular flexibility index (Phi) is 6.18. The summed E-state index contributed by atoms with van der Waals surface area (Å²) in [6.07, 6.45) is 1.30. The lowest BCUT2D eigenvalue weighted by Crippen LogP contribution is -2.35. The third-order valence-electron chi connectivity index (χ3n) is 3.66. The number of rotatable bonds is 4. The van der Waals surface area contributed by atoms with Crippen LogP contribution in [0.15, 0.2) is 24.3 Å². The van der Waals surface area contributed by atoms with E-state index >= 15 is 0 Å². The van der Waals surface area contributed by atoms with Crippen molar-refractivity contribution in [3.8, 4) is 0 Å². The summed E-state index contributed by atoms with van der Waals surface area (Å²) >= 11 is 0. The lowest BCUT2D eigenvalue weighted by Gasteiger charge is -2.21. The molecule has 1 unspecified atom stereocenters. The standard InChI is InChI=1S/C15H21N3O2.ClH/c1-3-13(19)17-11-4-6-12(7-5-11)18-14(20)15(2)8-9-16-10-15;/h4-7,16H,3,8-10H2,1-2H3,(H,17,19)(H,18,20);1H. The molecule has 1 aromatic carbocycles. The quantitative estimate of drug-likeness (QED) is 0.799. The van der Waals surface area contributed by atoms with Crippen molar-refractivity contribution in [3.63, 3.8) is 0 Å². The van der Waals surface area contributed by atoms with Crippen LogP contribution < -0.4 is 16.0 Å². The van der Waals surface area contributed by atoms with Crippen LogP contribution in [0, 0.1) is 5.41 Å². The average Bonchev–Trinajstić information content (AvgIpc) is 2.89. The fourth-order valence-corrected chi connectivity index (χ4v) is 2.18. The highest BCUT2D eigenvalue weighted by molar-refractivity contribution is 5.96. The molecular formula is C15H22ClN3O2. The Morgan fingerprint density at radius 3 is 2.24 bits per heavy atom. The van der Waals surface area contributed by atoms with Crippen molar-refractivity contribution < 1.29 is 9.59 Å². The highest BCUT2D eigenvalue weighted by atomic mass is 35.5. The average molecular weight is 312 g/mol. The molecule has 0 aromatic heterocycles. The molecule has 1 aromatic rings. The Hall–Kier alpha value is -1.59. The largest absolute Gasteiger partial charge is 0.326 e. The molecule has 1 saturated heterocycles. The number of carbonyl (C=O) groups excluding carboxylic acids is 2. The highest BCUT2D eigenvalue weighted by Crippen LogP contribution is 2.26. The molecule has 3 N–H and O–H groups in total. The van der Waals surface area contributed by atoms with Gasteiger partial charge in [-0.3, -0.25) is 9.59 Å². The first kappa shape index (κ1) is 17.5. The van der Waals surface area contributed by atoms with Crippen molar-refractivity contribution in [1.82, 2.24) is 5.32 Å². The van der Waals surface area contributed by atoms with Crippen LogP contribution in [0.3, 0.4) is 0 Å². The van der Waals surface area contributed by atoms with Gasteiger partial charge in [-0.2, -0.15) is 0 Å². The molecule has 0 saturated carbocycles. The zero-order valence-corrected chi connectivity index (χ0v) is 13.2. The molecule has 116 valence electrons. The molecule has 1 aliphatic rings. The predicted octanol–water partition coefficient (Wildman–Crippen LogP) is 2.40. The van der Waals surface area contributed by atoms with E-state index < -0.39 is 0 Å². The van der Waals surface area contributed by atoms with Crippen LogP contribution in [0.4, 0.5) is 11.4 Å². The van der Waals surface area contributed by atoms with Crippen LogP contribution >= 0.6 is 12.4 Å². The fourth-order valence-electron chi connectivity index (χ4n) is 2.18. The van der Waals surface area contributed by atoms with Gasteiger partial charge in [0.25, 0.3) is 0 Å². The smallest absolute Gasteiger partial charge is 0.231 e. The Balaban J connectivity index is 0.00000220. The second-order valence-electron chi connectivity index (χ2n) is 5.42. The van der Waals surface area contributed by atoms with Gasteiger partial charge in [0.05, 0.1) is 5.41 Å². The van der Waals surface area contributed by atoms with E-state index in [1.807, 2.05) is 6.92 Å². The van der Waals surface area contributed by atoms with Crippen LogP contribution in [0.2, 0.25) is 0 Å². The van der Waals surface area contributed by atoms with Crippen LogP contribution in [-0.2, 0) is 9.59 Å². The topological polar surface area (TPSA) is 70.2 Å². The van der Waals surface area contributed by atoms with Gasteiger partial charge < -0.3 is 16.0 Å². The summed E-state index contributed by atoms with van der Waals surface area (Å²) in [6, 6.07) is 7.18. The number of hydrogen-bond donors (Lipinski definition) is 3.